The van der Waals surface area contributed by atoms with Crippen LogP contribution in [0.4, 0.5) is 11.4 Å². The van der Waals surface area contributed by atoms with Crippen molar-refractivity contribution in [3.05, 3.63) is 58.9 Å². The Labute approximate surface area is 180 Å². The van der Waals surface area contributed by atoms with Crippen molar-refractivity contribution in [3.8, 4) is 11.5 Å². The third-order valence-corrected chi connectivity index (χ3v) is 4.76. The number of hydrogen-bond donors (Lipinski definition) is 2. The quantitative estimate of drug-likeness (QED) is 0.605. The number of nitrogens with one attached hydrogen (secondary N) is 2. The number of nitrogens with zero attached hydrogens (tertiary/aromatic N) is 3. The number of methoxy groups -OCH3 is 2. The van der Waals surface area contributed by atoms with E-state index in [1.54, 1.807) is 25.1 Å². The molecular formula is C22H25N5O4. The van der Waals surface area contributed by atoms with E-state index in [9.17, 15) is 9.59 Å². The van der Waals surface area contributed by atoms with E-state index in [1.165, 1.54) is 18.9 Å². The van der Waals surface area contributed by atoms with Crippen LogP contribution in [0.1, 0.15) is 27.3 Å². The normalized spacial score (nSPS) is 10.5. The highest BCUT2D eigenvalue weighted by atomic mass is 16.5. The molecule has 31 heavy (non-hydrogen) atoms. The Morgan fingerprint density at radius 3 is 2.26 bits per heavy atom. The summed E-state index contributed by atoms with van der Waals surface area (Å²) in [5.41, 5.74) is 3.93. The van der Waals surface area contributed by atoms with Crippen LogP contribution in [0.2, 0.25) is 0 Å². The zero-order valence-corrected chi connectivity index (χ0v) is 18.1. The number of anilines is 2. The molecule has 9 nitrogen and oxygen atoms in total. The summed E-state index contributed by atoms with van der Waals surface area (Å²) in [6.07, 6.45) is 0. The van der Waals surface area contributed by atoms with Crippen molar-refractivity contribution in [2.45, 2.75) is 27.3 Å². The lowest BCUT2D eigenvalue weighted by Gasteiger charge is -2.10. The summed E-state index contributed by atoms with van der Waals surface area (Å²) in [6, 6.07) is 10.8. The van der Waals surface area contributed by atoms with Crippen molar-refractivity contribution in [2.24, 2.45) is 0 Å². The van der Waals surface area contributed by atoms with Crippen molar-refractivity contribution in [1.29, 1.82) is 0 Å². The Kier molecular flexibility index (Phi) is 6.54. The van der Waals surface area contributed by atoms with Crippen LogP contribution in [0, 0.1) is 20.8 Å². The van der Waals surface area contributed by atoms with Crippen LogP contribution in [-0.4, -0.2) is 41.0 Å². The summed E-state index contributed by atoms with van der Waals surface area (Å²) in [5, 5.41) is 13.5. The van der Waals surface area contributed by atoms with Gasteiger partial charge in [0.2, 0.25) is 5.91 Å². The van der Waals surface area contributed by atoms with Crippen molar-refractivity contribution in [2.75, 3.05) is 24.9 Å². The van der Waals surface area contributed by atoms with E-state index < -0.39 is 0 Å². The molecule has 0 bridgehead atoms. The Balaban J connectivity index is 1.70. The number of ether oxygens (including phenoxy) is 2. The second-order valence-corrected chi connectivity index (χ2v) is 7.10. The van der Waals surface area contributed by atoms with Gasteiger partial charge in [-0.3, -0.25) is 9.59 Å². The number of amides is 2. The largest absolute Gasteiger partial charge is 0.497 e. The van der Waals surface area contributed by atoms with Crippen LogP contribution < -0.4 is 20.1 Å². The molecule has 3 rings (SSSR count). The monoisotopic (exact) mass is 423 g/mol. The molecular weight excluding hydrogens is 398 g/mol. The SMILES string of the molecule is COc1cc(NC(=O)Cn2nnc(C(=O)Nc3ccc(C)cc3C)c2C)cc(OC)c1. The topological polar surface area (TPSA) is 107 Å². The fourth-order valence-electron chi connectivity index (χ4n) is 3.07. The lowest BCUT2D eigenvalue weighted by Crippen LogP contribution is -2.21. The molecule has 2 aromatic carbocycles. The molecule has 0 spiro atoms. The Morgan fingerprint density at radius 2 is 1.65 bits per heavy atom. The molecule has 0 aliphatic carbocycles. The highest BCUT2D eigenvalue weighted by Gasteiger charge is 2.19. The number of aromatic nitrogens is 3. The van der Waals surface area contributed by atoms with Crippen LogP contribution >= 0.6 is 0 Å². The predicted octanol–water partition coefficient (Wildman–Crippen LogP) is 3.11. The van der Waals surface area contributed by atoms with E-state index in [2.05, 4.69) is 20.9 Å². The number of rotatable bonds is 7. The molecule has 0 aliphatic heterocycles. The molecule has 2 N–H and O–H groups in total. The summed E-state index contributed by atoms with van der Waals surface area (Å²) in [7, 11) is 3.06. The molecule has 0 saturated heterocycles. The van der Waals surface area contributed by atoms with Gasteiger partial charge in [0, 0.05) is 29.6 Å². The highest BCUT2D eigenvalue weighted by molar-refractivity contribution is 6.04. The Hall–Kier alpha value is -3.88. The zero-order valence-electron chi connectivity index (χ0n) is 18.1. The van der Waals surface area contributed by atoms with E-state index in [-0.39, 0.29) is 24.1 Å². The zero-order chi connectivity index (χ0) is 22.5. The van der Waals surface area contributed by atoms with Crippen molar-refractivity contribution in [3.63, 3.8) is 0 Å². The van der Waals surface area contributed by atoms with Gasteiger partial charge in [-0.15, -0.1) is 5.10 Å². The van der Waals surface area contributed by atoms with Crippen LogP contribution in [-0.2, 0) is 11.3 Å². The van der Waals surface area contributed by atoms with E-state index in [1.807, 2.05) is 32.0 Å². The van der Waals surface area contributed by atoms with Gasteiger partial charge in [-0.2, -0.15) is 0 Å². The first kappa shape index (κ1) is 21.8. The van der Waals surface area contributed by atoms with E-state index >= 15 is 0 Å². The van der Waals surface area contributed by atoms with Gasteiger partial charge in [0.05, 0.1) is 19.9 Å². The standard InChI is InChI=1S/C22H25N5O4/c1-13-6-7-19(14(2)8-13)24-22(29)21-15(3)27(26-25-21)12-20(28)23-16-9-17(30-4)11-18(10-16)31-5/h6-11H,12H2,1-5H3,(H,23,28)(H,24,29). The first-order chi connectivity index (χ1) is 14.8. The summed E-state index contributed by atoms with van der Waals surface area (Å²) < 4.78 is 11.8. The third-order valence-electron chi connectivity index (χ3n) is 4.76. The maximum Gasteiger partial charge on any atom is 0.278 e. The van der Waals surface area contributed by atoms with Crippen LogP contribution in [0.5, 0.6) is 11.5 Å². The van der Waals surface area contributed by atoms with Gasteiger partial charge in [-0.25, -0.2) is 4.68 Å². The predicted molar refractivity (Wildman–Crippen MR) is 117 cm³/mol. The third kappa shape index (κ3) is 5.19. The number of carbonyl (C=O) groups is 2. The second-order valence-electron chi connectivity index (χ2n) is 7.10. The summed E-state index contributed by atoms with van der Waals surface area (Å²) >= 11 is 0. The minimum Gasteiger partial charge on any atom is -0.497 e. The van der Waals surface area contributed by atoms with Gasteiger partial charge >= 0.3 is 0 Å². The van der Waals surface area contributed by atoms with Crippen LogP contribution in [0.15, 0.2) is 36.4 Å². The summed E-state index contributed by atoms with van der Waals surface area (Å²) in [6.45, 7) is 5.50. The van der Waals surface area contributed by atoms with E-state index in [4.69, 9.17) is 9.47 Å². The second kappa shape index (κ2) is 9.29. The molecule has 1 aromatic heterocycles. The summed E-state index contributed by atoms with van der Waals surface area (Å²) in [5.74, 6) is 0.396. The van der Waals surface area contributed by atoms with Crippen molar-refractivity contribution in [1.82, 2.24) is 15.0 Å². The average Bonchev–Trinajstić information content (AvgIpc) is 3.09. The molecule has 0 fully saturated rings. The van der Waals surface area contributed by atoms with Gasteiger partial charge in [0.25, 0.3) is 5.91 Å². The maximum atomic E-state index is 12.6. The summed E-state index contributed by atoms with van der Waals surface area (Å²) in [4.78, 5) is 25.1. The van der Waals surface area contributed by atoms with Gasteiger partial charge in [0.1, 0.15) is 18.0 Å². The minimum absolute atomic E-state index is 0.102. The van der Waals surface area contributed by atoms with Crippen LogP contribution in [0.3, 0.4) is 0 Å². The maximum absolute atomic E-state index is 12.6. The lowest BCUT2D eigenvalue weighted by molar-refractivity contribution is -0.117. The van der Waals surface area contributed by atoms with Gasteiger partial charge in [-0.1, -0.05) is 22.9 Å². The average molecular weight is 423 g/mol. The van der Waals surface area contributed by atoms with Crippen LogP contribution in [0.25, 0.3) is 0 Å². The minimum atomic E-state index is -0.381. The molecule has 9 heteroatoms. The fraction of sp³-hybridized carbons (Fsp3) is 0.273. The smallest absolute Gasteiger partial charge is 0.278 e. The molecule has 0 radical (unpaired) electrons. The molecule has 0 saturated carbocycles. The highest BCUT2D eigenvalue weighted by Crippen LogP contribution is 2.25. The molecule has 0 aliphatic rings. The fourth-order valence-corrected chi connectivity index (χ4v) is 3.07. The molecule has 1 heterocycles. The van der Waals surface area contributed by atoms with Crippen molar-refractivity contribution < 1.29 is 19.1 Å². The number of aryl methyl sites for hydroxylation is 2. The first-order valence-corrected chi connectivity index (χ1v) is 9.62. The number of hydrogen-bond acceptors (Lipinski definition) is 6. The molecule has 0 unspecified atom stereocenters. The first-order valence-electron chi connectivity index (χ1n) is 9.62. The molecule has 0 atom stereocenters. The number of carbonyl (C=O) groups excluding carboxylic acids is 2. The number of benzene rings is 2. The van der Waals surface area contributed by atoms with E-state index in [0.717, 1.165) is 11.1 Å². The molecule has 162 valence electrons. The Morgan fingerprint density at radius 1 is 0.968 bits per heavy atom. The van der Waals surface area contributed by atoms with E-state index in [0.29, 0.717) is 28.6 Å². The van der Waals surface area contributed by atoms with Gasteiger partial charge in [0.15, 0.2) is 5.69 Å². The Bertz CT molecular complexity index is 1100. The van der Waals surface area contributed by atoms with Crippen molar-refractivity contribution >= 4 is 23.2 Å². The van der Waals surface area contributed by atoms with Gasteiger partial charge in [-0.05, 0) is 32.4 Å². The molecule has 2 amide bonds. The molecule has 3 aromatic rings. The van der Waals surface area contributed by atoms with Gasteiger partial charge < -0.3 is 20.1 Å². The lowest BCUT2D eigenvalue weighted by atomic mass is 10.1.